The van der Waals surface area contributed by atoms with E-state index in [1.807, 2.05) is 30.0 Å². The van der Waals surface area contributed by atoms with E-state index in [4.69, 9.17) is 4.99 Å². The summed E-state index contributed by atoms with van der Waals surface area (Å²) in [6.45, 7) is 2.19. The number of nitrogens with one attached hydrogen (secondary N) is 1. The molecule has 1 aromatic rings. The lowest BCUT2D eigenvalue weighted by Gasteiger charge is -2.15. The van der Waals surface area contributed by atoms with Gasteiger partial charge in [0.05, 0.1) is 11.3 Å². The maximum absolute atomic E-state index is 4.71. The first-order valence-electron chi connectivity index (χ1n) is 6.30. The van der Waals surface area contributed by atoms with Gasteiger partial charge in [0.25, 0.3) is 0 Å². The molecule has 1 heterocycles. The van der Waals surface area contributed by atoms with Crippen LogP contribution >= 0.6 is 11.8 Å². The molecule has 0 bridgehead atoms. The largest absolute Gasteiger partial charge is 0.335 e. The topological polar surface area (TPSA) is 24.4 Å². The molecule has 3 rings (SSSR count). The lowest BCUT2D eigenvalue weighted by molar-refractivity contribution is 0.845. The molecule has 0 spiro atoms. The molecule has 2 atom stereocenters. The van der Waals surface area contributed by atoms with Gasteiger partial charge in [0, 0.05) is 5.69 Å². The third kappa shape index (κ3) is 2.36. The maximum Gasteiger partial charge on any atom is 0.162 e. The number of benzene rings is 1. The van der Waals surface area contributed by atoms with E-state index in [9.17, 15) is 0 Å². The SMILES string of the molecule is CCC1=CC2SC(Nc3ccccc3)=NC2C=C1. The number of hydrogen-bond donors (Lipinski definition) is 1. The first-order chi connectivity index (χ1) is 8.85. The van der Waals surface area contributed by atoms with Crippen LogP contribution in [0.3, 0.4) is 0 Å². The second-order valence-electron chi connectivity index (χ2n) is 4.45. The molecular formula is C15H16N2S. The van der Waals surface area contributed by atoms with Gasteiger partial charge in [-0.2, -0.15) is 0 Å². The Balaban J connectivity index is 1.71. The van der Waals surface area contributed by atoms with E-state index in [1.54, 1.807) is 0 Å². The number of aliphatic imine (C=N–C) groups is 1. The molecule has 0 saturated carbocycles. The minimum atomic E-state index is 0.302. The van der Waals surface area contributed by atoms with Crippen molar-refractivity contribution in [2.75, 3.05) is 5.32 Å². The van der Waals surface area contributed by atoms with Crippen LogP contribution in [0.15, 0.2) is 59.1 Å². The van der Waals surface area contributed by atoms with Gasteiger partial charge in [-0.3, -0.25) is 4.99 Å². The van der Waals surface area contributed by atoms with Crippen LogP contribution in [-0.4, -0.2) is 16.5 Å². The van der Waals surface area contributed by atoms with Gasteiger partial charge in [0.15, 0.2) is 5.17 Å². The van der Waals surface area contributed by atoms with Gasteiger partial charge < -0.3 is 5.32 Å². The van der Waals surface area contributed by atoms with Gasteiger partial charge in [-0.15, -0.1) is 0 Å². The highest BCUT2D eigenvalue weighted by Crippen LogP contribution is 2.33. The quantitative estimate of drug-likeness (QED) is 0.869. The average molecular weight is 256 g/mol. The fourth-order valence-corrected chi connectivity index (χ4v) is 3.31. The summed E-state index contributed by atoms with van der Waals surface area (Å²) in [5.41, 5.74) is 2.52. The first kappa shape index (κ1) is 11.6. The zero-order valence-electron chi connectivity index (χ0n) is 10.3. The van der Waals surface area contributed by atoms with Crippen molar-refractivity contribution in [3.63, 3.8) is 0 Å². The molecule has 0 aromatic heterocycles. The van der Waals surface area contributed by atoms with E-state index in [1.165, 1.54) is 5.57 Å². The zero-order chi connectivity index (χ0) is 12.4. The van der Waals surface area contributed by atoms with E-state index in [0.29, 0.717) is 11.3 Å². The number of nitrogens with zero attached hydrogens (tertiary/aromatic N) is 1. The number of thioether (sulfide) groups is 1. The predicted octanol–water partition coefficient (Wildman–Crippen LogP) is 3.84. The van der Waals surface area contributed by atoms with E-state index < -0.39 is 0 Å². The molecule has 2 unspecified atom stereocenters. The fourth-order valence-electron chi connectivity index (χ4n) is 2.15. The molecule has 2 nitrogen and oxygen atoms in total. The van der Waals surface area contributed by atoms with Gasteiger partial charge in [0.2, 0.25) is 0 Å². The molecule has 18 heavy (non-hydrogen) atoms. The van der Waals surface area contributed by atoms with Gasteiger partial charge in [-0.05, 0) is 18.6 Å². The summed E-state index contributed by atoms with van der Waals surface area (Å²) < 4.78 is 0. The highest BCUT2D eigenvalue weighted by atomic mass is 32.2. The molecular weight excluding hydrogens is 240 g/mol. The van der Waals surface area contributed by atoms with Crippen molar-refractivity contribution < 1.29 is 0 Å². The molecule has 92 valence electrons. The van der Waals surface area contributed by atoms with Crippen LogP contribution < -0.4 is 5.32 Å². The van der Waals surface area contributed by atoms with Gasteiger partial charge in [-0.1, -0.05) is 60.7 Å². The number of amidine groups is 1. The number of rotatable bonds is 2. The summed E-state index contributed by atoms with van der Waals surface area (Å²) in [7, 11) is 0. The standard InChI is InChI=1S/C15H16N2S/c1-2-11-8-9-13-14(10-11)18-15(17-13)16-12-6-4-3-5-7-12/h3-10,13-14H,2H2,1H3,(H,16,17). The molecule has 1 aliphatic carbocycles. The predicted molar refractivity (Wildman–Crippen MR) is 80.2 cm³/mol. The molecule has 2 aliphatic rings. The highest BCUT2D eigenvalue weighted by Gasteiger charge is 2.28. The van der Waals surface area contributed by atoms with Crippen LogP contribution in [0, 0.1) is 0 Å². The van der Waals surface area contributed by atoms with E-state index in [0.717, 1.165) is 17.3 Å². The smallest absolute Gasteiger partial charge is 0.162 e. The van der Waals surface area contributed by atoms with Gasteiger partial charge in [0.1, 0.15) is 0 Å². The summed E-state index contributed by atoms with van der Waals surface area (Å²) in [5, 5.41) is 4.87. The lowest BCUT2D eigenvalue weighted by atomic mass is 10.0. The van der Waals surface area contributed by atoms with Crippen molar-refractivity contribution in [2.24, 2.45) is 4.99 Å². The lowest BCUT2D eigenvalue weighted by Crippen LogP contribution is -2.15. The second-order valence-corrected chi connectivity index (χ2v) is 5.62. The summed E-state index contributed by atoms with van der Waals surface area (Å²) >= 11 is 1.82. The van der Waals surface area contributed by atoms with Gasteiger partial charge >= 0.3 is 0 Å². The minimum Gasteiger partial charge on any atom is -0.335 e. The molecule has 1 aliphatic heterocycles. The van der Waals surface area contributed by atoms with Crippen LogP contribution in [0.25, 0.3) is 0 Å². The number of para-hydroxylation sites is 1. The Morgan fingerprint density at radius 1 is 1.28 bits per heavy atom. The number of anilines is 1. The van der Waals surface area contributed by atoms with Crippen LogP contribution in [0.4, 0.5) is 5.69 Å². The zero-order valence-corrected chi connectivity index (χ0v) is 11.2. The molecule has 0 saturated heterocycles. The summed E-state index contributed by atoms with van der Waals surface area (Å²) in [4.78, 5) is 4.71. The first-order valence-corrected chi connectivity index (χ1v) is 7.18. The Kier molecular flexibility index (Phi) is 3.24. The number of fused-ring (bicyclic) bond motifs is 1. The third-order valence-electron chi connectivity index (χ3n) is 3.17. The Labute approximate surface area is 112 Å². The maximum atomic E-state index is 4.71. The molecule has 1 aromatic carbocycles. The molecule has 0 radical (unpaired) electrons. The highest BCUT2D eigenvalue weighted by molar-refractivity contribution is 8.15. The Morgan fingerprint density at radius 3 is 2.89 bits per heavy atom. The van der Waals surface area contributed by atoms with Crippen molar-refractivity contribution in [3.8, 4) is 0 Å². The van der Waals surface area contributed by atoms with Crippen molar-refractivity contribution in [2.45, 2.75) is 24.6 Å². The number of allylic oxidation sites excluding steroid dienone is 2. The fraction of sp³-hybridized carbons (Fsp3) is 0.267. The number of hydrogen-bond acceptors (Lipinski definition) is 3. The summed E-state index contributed by atoms with van der Waals surface area (Å²) in [6.07, 6.45) is 7.87. The van der Waals surface area contributed by atoms with Crippen LogP contribution in [0.2, 0.25) is 0 Å². The Bertz CT molecular complexity index is 517. The van der Waals surface area contributed by atoms with Crippen molar-refractivity contribution >= 4 is 22.6 Å². The van der Waals surface area contributed by atoms with Crippen LogP contribution in [0.5, 0.6) is 0 Å². The molecule has 3 heteroatoms. The summed E-state index contributed by atoms with van der Waals surface area (Å²) in [6, 6.07) is 10.5. The summed E-state index contributed by atoms with van der Waals surface area (Å²) in [5.74, 6) is 0. The van der Waals surface area contributed by atoms with E-state index >= 15 is 0 Å². The average Bonchev–Trinajstić information content (AvgIpc) is 2.80. The van der Waals surface area contributed by atoms with Crippen LogP contribution in [-0.2, 0) is 0 Å². The monoisotopic (exact) mass is 256 g/mol. The minimum absolute atomic E-state index is 0.302. The van der Waals surface area contributed by atoms with Gasteiger partial charge in [-0.25, -0.2) is 0 Å². The molecule has 0 amide bonds. The Morgan fingerprint density at radius 2 is 2.11 bits per heavy atom. The van der Waals surface area contributed by atoms with Crippen molar-refractivity contribution in [3.05, 3.63) is 54.1 Å². The normalized spacial score (nSPS) is 25.4. The molecule has 0 fully saturated rings. The van der Waals surface area contributed by atoms with Crippen molar-refractivity contribution in [1.29, 1.82) is 0 Å². The van der Waals surface area contributed by atoms with Crippen LogP contribution in [0.1, 0.15) is 13.3 Å². The third-order valence-corrected chi connectivity index (χ3v) is 4.29. The Hall–Kier alpha value is -1.48. The molecule has 1 N–H and O–H groups in total. The van der Waals surface area contributed by atoms with E-state index in [-0.39, 0.29) is 0 Å². The van der Waals surface area contributed by atoms with E-state index in [2.05, 4.69) is 42.6 Å². The second kappa shape index (κ2) is 5.02. The van der Waals surface area contributed by atoms with Crippen molar-refractivity contribution in [1.82, 2.24) is 0 Å².